The number of rotatable bonds is 3. The van der Waals surface area contributed by atoms with Crippen LogP contribution in [0.5, 0.6) is 0 Å². The van der Waals surface area contributed by atoms with E-state index in [1.807, 2.05) is 6.07 Å². The summed E-state index contributed by atoms with van der Waals surface area (Å²) in [6.07, 6.45) is 1.58. The molecular formula is C12H10ClFN2S. The van der Waals surface area contributed by atoms with Gasteiger partial charge in [-0.2, -0.15) is 0 Å². The molecule has 1 heterocycles. The van der Waals surface area contributed by atoms with Crippen molar-refractivity contribution >= 4 is 23.4 Å². The van der Waals surface area contributed by atoms with Gasteiger partial charge >= 0.3 is 0 Å². The summed E-state index contributed by atoms with van der Waals surface area (Å²) >= 11 is 7.19. The molecule has 0 amide bonds. The van der Waals surface area contributed by atoms with Crippen molar-refractivity contribution in [3.63, 3.8) is 0 Å². The molecule has 0 atom stereocenters. The Balaban J connectivity index is 2.26. The molecule has 2 aromatic rings. The maximum Gasteiger partial charge on any atom is 0.123 e. The molecule has 0 bridgehead atoms. The Labute approximate surface area is 108 Å². The molecule has 0 saturated heterocycles. The van der Waals surface area contributed by atoms with Crippen molar-refractivity contribution in [1.82, 2.24) is 4.98 Å². The summed E-state index contributed by atoms with van der Waals surface area (Å²) in [7, 11) is 0. The number of nitrogens with zero attached hydrogens (tertiary/aromatic N) is 1. The predicted octanol–water partition coefficient (Wildman–Crippen LogP) is 3.48. The average molecular weight is 269 g/mol. The van der Waals surface area contributed by atoms with E-state index in [1.165, 1.54) is 23.9 Å². The fourth-order valence-electron chi connectivity index (χ4n) is 1.34. The summed E-state index contributed by atoms with van der Waals surface area (Å²) in [4.78, 5) is 5.07. The number of hydrogen-bond acceptors (Lipinski definition) is 3. The first kappa shape index (κ1) is 12.4. The van der Waals surface area contributed by atoms with Crippen LogP contribution in [0.25, 0.3) is 0 Å². The smallest absolute Gasteiger partial charge is 0.123 e. The molecule has 2 rings (SSSR count). The van der Waals surface area contributed by atoms with E-state index < -0.39 is 0 Å². The van der Waals surface area contributed by atoms with Gasteiger partial charge in [0, 0.05) is 17.6 Å². The molecule has 0 saturated carbocycles. The molecule has 2 N–H and O–H groups in total. The molecule has 0 fully saturated rings. The van der Waals surface area contributed by atoms with Gasteiger partial charge in [-0.3, -0.25) is 0 Å². The lowest BCUT2D eigenvalue weighted by Crippen LogP contribution is -1.99. The SMILES string of the molecule is NCc1cc(F)ccc1Sc1ccc(Cl)cn1. The topological polar surface area (TPSA) is 38.9 Å². The van der Waals surface area contributed by atoms with Gasteiger partial charge in [-0.05, 0) is 35.9 Å². The normalized spacial score (nSPS) is 10.5. The van der Waals surface area contributed by atoms with Gasteiger partial charge in [-0.25, -0.2) is 9.37 Å². The fraction of sp³-hybridized carbons (Fsp3) is 0.0833. The van der Waals surface area contributed by atoms with Gasteiger partial charge in [0.1, 0.15) is 10.8 Å². The number of halogens is 2. The van der Waals surface area contributed by atoms with Crippen LogP contribution in [0.3, 0.4) is 0 Å². The summed E-state index contributed by atoms with van der Waals surface area (Å²) in [6, 6.07) is 8.15. The van der Waals surface area contributed by atoms with Crippen LogP contribution in [0.15, 0.2) is 46.5 Å². The summed E-state index contributed by atoms with van der Waals surface area (Å²) in [5, 5.41) is 1.39. The maximum absolute atomic E-state index is 13.0. The first-order valence-electron chi connectivity index (χ1n) is 4.97. The van der Waals surface area contributed by atoms with Gasteiger partial charge in [-0.1, -0.05) is 23.4 Å². The third kappa shape index (κ3) is 3.19. The molecule has 0 aliphatic heterocycles. The molecule has 0 spiro atoms. The number of nitrogens with two attached hydrogens (primary N) is 1. The van der Waals surface area contributed by atoms with Crippen molar-refractivity contribution in [3.8, 4) is 0 Å². The van der Waals surface area contributed by atoms with Gasteiger partial charge in [0.15, 0.2) is 0 Å². The maximum atomic E-state index is 13.0. The van der Waals surface area contributed by atoms with E-state index in [4.69, 9.17) is 17.3 Å². The Kier molecular flexibility index (Phi) is 3.99. The molecule has 0 unspecified atom stereocenters. The van der Waals surface area contributed by atoms with Gasteiger partial charge in [0.05, 0.1) is 5.02 Å². The van der Waals surface area contributed by atoms with Crippen LogP contribution in [-0.4, -0.2) is 4.98 Å². The summed E-state index contributed by atoms with van der Waals surface area (Å²) in [6.45, 7) is 0.299. The highest BCUT2D eigenvalue weighted by molar-refractivity contribution is 7.99. The second-order valence-electron chi connectivity index (χ2n) is 3.37. The number of benzene rings is 1. The number of pyridine rings is 1. The van der Waals surface area contributed by atoms with Crippen LogP contribution in [0.2, 0.25) is 5.02 Å². The third-order valence-electron chi connectivity index (χ3n) is 2.16. The lowest BCUT2D eigenvalue weighted by molar-refractivity contribution is 0.623. The van der Waals surface area contributed by atoms with Crippen LogP contribution in [0.4, 0.5) is 4.39 Å². The fourth-order valence-corrected chi connectivity index (χ4v) is 2.33. The Morgan fingerprint density at radius 3 is 2.76 bits per heavy atom. The van der Waals surface area contributed by atoms with Crippen molar-refractivity contribution in [2.45, 2.75) is 16.5 Å². The monoisotopic (exact) mass is 268 g/mol. The van der Waals surface area contributed by atoms with Crippen molar-refractivity contribution < 1.29 is 4.39 Å². The van der Waals surface area contributed by atoms with Crippen LogP contribution in [0.1, 0.15) is 5.56 Å². The quantitative estimate of drug-likeness (QED) is 0.926. The highest BCUT2D eigenvalue weighted by atomic mass is 35.5. The summed E-state index contributed by atoms with van der Waals surface area (Å²) in [5.74, 6) is -0.279. The van der Waals surface area contributed by atoms with Gasteiger partial charge < -0.3 is 5.73 Å². The Morgan fingerprint density at radius 1 is 1.29 bits per heavy atom. The molecule has 88 valence electrons. The minimum absolute atomic E-state index is 0.279. The molecule has 0 aliphatic rings. The first-order chi connectivity index (χ1) is 8.19. The predicted molar refractivity (Wildman–Crippen MR) is 67.7 cm³/mol. The van der Waals surface area contributed by atoms with Gasteiger partial charge in [0.2, 0.25) is 0 Å². The van der Waals surface area contributed by atoms with Crippen LogP contribution in [0, 0.1) is 5.82 Å². The zero-order valence-electron chi connectivity index (χ0n) is 8.86. The second kappa shape index (κ2) is 5.49. The van der Waals surface area contributed by atoms with E-state index in [2.05, 4.69) is 4.98 Å². The van der Waals surface area contributed by atoms with E-state index in [0.717, 1.165) is 15.5 Å². The second-order valence-corrected chi connectivity index (χ2v) is 4.87. The zero-order valence-corrected chi connectivity index (χ0v) is 10.4. The molecule has 2 nitrogen and oxygen atoms in total. The molecular weight excluding hydrogens is 259 g/mol. The third-order valence-corrected chi connectivity index (χ3v) is 3.45. The minimum atomic E-state index is -0.279. The van der Waals surface area contributed by atoms with Crippen LogP contribution < -0.4 is 5.73 Å². The van der Waals surface area contributed by atoms with E-state index in [0.29, 0.717) is 11.6 Å². The molecule has 0 aliphatic carbocycles. The van der Waals surface area contributed by atoms with E-state index in [-0.39, 0.29) is 5.82 Å². The molecule has 5 heteroatoms. The standard InChI is InChI=1S/C12H10ClFN2S/c13-9-1-4-12(16-7-9)17-11-3-2-10(14)5-8(11)6-15/h1-5,7H,6,15H2. The van der Waals surface area contributed by atoms with Crippen molar-refractivity contribution in [1.29, 1.82) is 0 Å². The van der Waals surface area contributed by atoms with Gasteiger partial charge in [-0.15, -0.1) is 0 Å². The first-order valence-corrected chi connectivity index (χ1v) is 6.16. The van der Waals surface area contributed by atoms with Crippen LogP contribution >= 0.6 is 23.4 Å². The van der Waals surface area contributed by atoms with E-state index >= 15 is 0 Å². The van der Waals surface area contributed by atoms with E-state index in [1.54, 1.807) is 18.3 Å². The largest absolute Gasteiger partial charge is 0.326 e. The lowest BCUT2D eigenvalue weighted by atomic mass is 10.2. The van der Waals surface area contributed by atoms with Crippen molar-refractivity contribution in [2.75, 3.05) is 0 Å². The highest BCUT2D eigenvalue weighted by Gasteiger charge is 2.05. The van der Waals surface area contributed by atoms with E-state index in [9.17, 15) is 4.39 Å². The average Bonchev–Trinajstić information content (AvgIpc) is 2.34. The Bertz CT molecular complexity index is 516. The number of aromatic nitrogens is 1. The molecule has 1 aromatic heterocycles. The number of hydrogen-bond donors (Lipinski definition) is 1. The van der Waals surface area contributed by atoms with Crippen molar-refractivity contribution in [2.24, 2.45) is 5.73 Å². The highest BCUT2D eigenvalue weighted by Crippen LogP contribution is 2.29. The van der Waals surface area contributed by atoms with Gasteiger partial charge in [0.25, 0.3) is 0 Å². The minimum Gasteiger partial charge on any atom is -0.326 e. The lowest BCUT2D eigenvalue weighted by Gasteiger charge is -2.06. The Morgan fingerprint density at radius 2 is 2.12 bits per heavy atom. The molecule has 1 aromatic carbocycles. The molecule has 0 radical (unpaired) electrons. The molecule has 17 heavy (non-hydrogen) atoms. The summed E-state index contributed by atoms with van der Waals surface area (Å²) < 4.78 is 13.0. The summed E-state index contributed by atoms with van der Waals surface area (Å²) in [5.41, 5.74) is 6.35. The zero-order chi connectivity index (χ0) is 12.3. The van der Waals surface area contributed by atoms with Crippen molar-refractivity contribution in [3.05, 3.63) is 52.9 Å². The van der Waals surface area contributed by atoms with Crippen LogP contribution in [-0.2, 0) is 6.54 Å². The Hall–Kier alpha value is -1.10.